The Morgan fingerprint density at radius 1 is 0.667 bits per heavy atom. The molecule has 11 nitrogen and oxygen atoms in total. The minimum atomic E-state index is -5.88. The van der Waals surface area contributed by atoms with Crippen molar-refractivity contribution in [2.45, 2.75) is 129 Å². The topological polar surface area (TPSA) is 133 Å². The van der Waals surface area contributed by atoms with Crippen LogP contribution in [0.3, 0.4) is 0 Å². The lowest BCUT2D eigenvalue weighted by Gasteiger charge is -2.43. The Kier molecular flexibility index (Phi) is 16.7. The number of rotatable bonds is 19. The summed E-state index contributed by atoms with van der Waals surface area (Å²) in [5, 5.41) is 0. The summed E-state index contributed by atoms with van der Waals surface area (Å²) in [6.45, 7) is 3.88. The molecule has 0 unspecified atom stereocenters. The van der Waals surface area contributed by atoms with E-state index in [4.69, 9.17) is 23.7 Å². The van der Waals surface area contributed by atoms with Crippen molar-refractivity contribution in [2.24, 2.45) is 0 Å². The Morgan fingerprint density at radius 3 is 1.67 bits per heavy atom. The van der Waals surface area contributed by atoms with Gasteiger partial charge in [-0.15, -0.1) is 0 Å². The lowest BCUT2D eigenvalue weighted by atomic mass is 9.98. The Balaban J connectivity index is 3.21. The average Bonchev–Trinajstić information content (AvgIpc) is 2.92. The third-order valence-electron chi connectivity index (χ3n) is 6.26. The van der Waals surface area contributed by atoms with Crippen molar-refractivity contribution in [3.05, 3.63) is 11.8 Å². The quantitative estimate of drug-likeness (QED) is 0.0563. The number of hydrogen-bond acceptors (Lipinski definition) is 11. The molecule has 0 radical (unpaired) electrons. The first-order chi connectivity index (χ1) is 20.9. The van der Waals surface area contributed by atoms with E-state index in [-0.39, 0.29) is 6.42 Å². The molecular weight excluding hydrogens is 626 g/mol. The fourth-order valence-corrected chi connectivity index (χ4v) is 4.22. The molecule has 0 aromatic rings. The Morgan fingerprint density at radius 2 is 1.16 bits per heavy atom. The number of carbonyl (C=O) groups is 4. The van der Waals surface area contributed by atoms with E-state index in [2.05, 4.69) is 9.47 Å². The maximum Gasteiger partial charge on any atom is 0.426 e. The van der Waals surface area contributed by atoms with Gasteiger partial charge in [-0.2, -0.15) is 26.3 Å². The lowest BCUT2D eigenvalue weighted by Crippen LogP contribution is -2.62. The number of ether oxygens (including phenoxy) is 7. The van der Waals surface area contributed by atoms with Gasteiger partial charge in [0, 0.05) is 27.7 Å². The molecule has 0 aromatic carbocycles. The van der Waals surface area contributed by atoms with Crippen LogP contribution < -0.4 is 0 Å². The first-order valence-corrected chi connectivity index (χ1v) is 14.4. The summed E-state index contributed by atoms with van der Waals surface area (Å²) in [4.78, 5) is 46.7. The van der Waals surface area contributed by atoms with Gasteiger partial charge in [0.15, 0.2) is 12.2 Å². The number of esters is 4. The van der Waals surface area contributed by atoms with Crippen LogP contribution in [0.1, 0.15) is 86.0 Å². The van der Waals surface area contributed by atoms with Crippen molar-refractivity contribution in [3.8, 4) is 0 Å². The predicted octanol–water partition coefficient (Wildman–Crippen LogP) is 5.58. The van der Waals surface area contributed by atoms with Gasteiger partial charge in [0.05, 0.1) is 6.61 Å². The Bertz CT molecular complexity index is 1020. The molecule has 0 bridgehead atoms. The third kappa shape index (κ3) is 13.0. The van der Waals surface area contributed by atoms with Crippen molar-refractivity contribution in [1.29, 1.82) is 0 Å². The van der Waals surface area contributed by atoms with Gasteiger partial charge in [0.25, 0.3) is 5.83 Å². The van der Waals surface area contributed by atoms with Crippen LogP contribution >= 0.6 is 0 Å². The molecule has 1 aliphatic rings. The largest absolute Gasteiger partial charge is 0.463 e. The fourth-order valence-electron chi connectivity index (χ4n) is 4.22. The summed E-state index contributed by atoms with van der Waals surface area (Å²) < 4.78 is 120. The van der Waals surface area contributed by atoms with Crippen LogP contribution in [-0.4, -0.2) is 79.8 Å². The van der Waals surface area contributed by atoms with E-state index in [1.807, 2.05) is 6.92 Å². The first-order valence-electron chi connectivity index (χ1n) is 14.4. The van der Waals surface area contributed by atoms with Crippen molar-refractivity contribution in [3.63, 3.8) is 0 Å². The van der Waals surface area contributed by atoms with Crippen LogP contribution in [0, 0.1) is 0 Å². The molecule has 0 saturated carbocycles. The smallest absolute Gasteiger partial charge is 0.426 e. The fraction of sp³-hybridized carbons (Fsp3) is 0.786. The summed E-state index contributed by atoms with van der Waals surface area (Å²) in [5.74, 6) is -13.5. The lowest BCUT2D eigenvalue weighted by molar-refractivity contribution is -0.341. The zero-order chi connectivity index (χ0) is 34.4. The minimum absolute atomic E-state index is 0.0471. The number of halogens is 6. The molecular formula is C28H40F6O11. The molecule has 1 aliphatic heterocycles. The third-order valence-corrected chi connectivity index (χ3v) is 6.26. The zero-order valence-corrected chi connectivity index (χ0v) is 25.7. The number of hydrogen-bond donors (Lipinski definition) is 0. The maximum absolute atomic E-state index is 14.8. The summed E-state index contributed by atoms with van der Waals surface area (Å²) >= 11 is 0. The van der Waals surface area contributed by atoms with E-state index in [1.165, 1.54) is 0 Å². The highest BCUT2D eigenvalue weighted by molar-refractivity contribution is 5.68. The van der Waals surface area contributed by atoms with E-state index in [0.717, 1.165) is 59.8 Å². The van der Waals surface area contributed by atoms with E-state index in [0.29, 0.717) is 12.8 Å². The molecule has 17 heteroatoms. The SMILES string of the molecule is CCCCCCCCCCOC(F)(F)C(F)(F)/C(F)=C(\F)O[C@H]1O[C@H](COC(C)=O)[C@H](OC(C)=O)[C@H](OC(C)=O)[C@H]1OC(C)=O. The highest BCUT2D eigenvalue weighted by Gasteiger charge is 2.64. The van der Waals surface area contributed by atoms with Gasteiger partial charge in [-0.3, -0.25) is 19.2 Å². The number of carbonyl (C=O) groups excluding carboxylic acids is 4. The zero-order valence-electron chi connectivity index (χ0n) is 25.7. The molecule has 0 aromatic heterocycles. The van der Waals surface area contributed by atoms with Gasteiger partial charge in [-0.1, -0.05) is 51.9 Å². The minimum Gasteiger partial charge on any atom is -0.463 e. The van der Waals surface area contributed by atoms with Crippen LogP contribution in [0.25, 0.3) is 0 Å². The molecule has 0 amide bonds. The van der Waals surface area contributed by atoms with Gasteiger partial charge in [-0.05, 0) is 6.42 Å². The standard InChI is InChI=1S/C28H40F6O11/c1-6-7-8-9-10-11-12-13-14-40-28(33,34)27(31,32)24(29)25(30)45-26-23(43-19(5)38)22(42-18(4)37)21(41-17(3)36)20(44-26)15-39-16(2)35/h20-23,26H,6-15H2,1-5H3/b25-24-/t20-,21+,22+,23-,26-/m1/s1. The van der Waals surface area contributed by atoms with Gasteiger partial charge < -0.3 is 33.2 Å². The summed E-state index contributed by atoms with van der Waals surface area (Å²) in [7, 11) is 0. The van der Waals surface area contributed by atoms with E-state index in [1.54, 1.807) is 0 Å². The van der Waals surface area contributed by atoms with Gasteiger partial charge in [-0.25, -0.2) is 0 Å². The van der Waals surface area contributed by atoms with E-state index in [9.17, 15) is 45.5 Å². The first kappa shape index (κ1) is 39.9. The van der Waals surface area contributed by atoms with Crippen LogP contribution in [0.2, 0.25) is 0 Å². The number of unbranched alkanes of at least 4 members (excludes halogenated alkanes) is 7. The van der Waals surface area contributed by atoms with Crippen LogP contribution in [0.5, 0.6) is 0 Å². The van der Waals surface area contributed by atoms with Crippen molar-refractivity contribution in [1.82, 2.24) is 0 Å². The summed E-state index contributed by atoms with van der Waals surface area (Å²) in [6.07, 6.45) is -9.71. The predicted molar refractivity (Wildman–Crippen MR) is 141 cm³/mol. The molecule has 0 spiro atoms. The van der Waals surface area contributed by atoms with Crippen LogP contribution in [0.4, 0.5) is 26.3 Å². The van der Waals surface area contributed by atoms with Crippen LogP contribution in [0.15, 0.2) is 11.8 Å². The second-order valence-electron chi connectivity index (χ2n) is 10.2. The second kappa shape index (κ2) is 18.8. The molecule has 1 fully saturated rings. The van der Waals surface area contributed by atoms with Crippen molar-refractivity contribution >= 4 is 23.9 Å². The normalized spacial score (nSPS) is 22.6. The van der Waals surface area contributed by atoms with E-state index < -0.39 is 91.7 Å². The Labute approximate surface area is 256 Å². The summed E-state index contributed by atoms with van der Waals surface area (Å²) in [6, 6.07) is -2.92. The summed E-state index contributed by atoms with van der Waals surface area (Å²) in [5.41, 5.74) is 0. The van der Waals surface area contributed by atoms with Gasteiger partial charge >= 0.3 is 41.9 Å². The molecule has 1 heterocycles. The highest BCUT2D eigenvalue weighted by Crippen LogP contribution is 2.44. The van der Waals surface area contributed by atoms with Crippen molar-refractivity contribution < 1.29 is 78.7 Å². The van der Waals surface area contributed by atoms with Gasteiger partial charge in [0.2, 0.25) is 12.4 Å². The molecule has 5 atom stereocenters. The Hall–Kier alpha value is -3.08. The molecule has 0 aliphatic carbocycles. The molecule has 1 saturated heterocycles. The monoisotopic (exact) mass is 666 g/mol. The van der Waals surface area contributed by atoms with Crippen molar-refractivity contribution in [2.75, 3.05) is 13.2 Å². The van der Waals surface area contributed by atoms with E-state index >= 15 is 0 Å². The van der Waals surface area contributed by atoms with Gasteiger partial charge in [0.1, 0.15) is 12.7 Å². The molecule has 0 N–H and O–H groups in total. The second-order valence-corrected chi connectivity index (χ2v) is 10.2. The number of alkyl halides is 4. The molecule has 260 valence electrons. The highest BCUT2D eigenvalue weighted by atomic mass is 19.3. The molecule has 1 rings (SSSR count). The molecule has 45 heavy (non-hydrogen) atoms. The maximum atomic E-state index is 14.8. The van der Waals surface area contributed by atoms with Crippen LogP contribution in [-0.2, 0) is 52.3 Å². The average molecular weight is 667 g/mol.